The van der Waals surface area contributed by atoms with E-state index in [1.54, 1.807) is 30.5 Å². The van der Waals surface area contributed by atoms with Gasteiger partial charge in [-0.1, -0.05) is 6.07 Å². The predicted molar refractivity (Wildman–Crippen MR) is 131 cm³/mol. The maximum absolute atomic E-state index is 13.4. The number of carbonyl (C=O) groups is 2. The normalized spacial score (nSPS) is 15.4. The Hall–Kier alpha value is -3.08. The van der Waals surface area contributed by atoms with Crippen molar-refractivity contribution in [3.63, 3.8) is 0 Å². The second kappa shape index (κ2) is 9.28. The van der Waals surface area contributed by atoms with E-state index < -0.39 is 10.0 Å². The van der Waals surface area contributed by atoms with Crippen LogP contribution in [0.25, 0.3) is 0 Å². The first-order valence-electron chi connectivity index (χ1n) is 11.2. The molecule has 0 spiro atoms. The van der Waals surface area contributed by atoms with Crippen LogP contribution < -0.4 is 15.4 Å². The standard InChI is InChI=1S/C24H24N4O4S2/c29-22(15-5-4-12-25-14-15)27-24-21(19-8-1-2-9-20(19)33-24)23(30)26-17-6-3-7-18(13-17)34(31,32)28-16-10-11-16/h3-7,12-14,16,28H,1-2,8-11H2,(H,26,30)(H,27,29). The number of anilines is 2. The lowest BCUT2D eigenvalue weighted by molar-refractivity contribution is 0.102. The number of aryl methyl sites for hydroxylation is 1. The summed E-state index contributed by atoms with van der Waals surface area (Å²) in [6, 6.07) is 9.55. The number of pyridine rings is 1. The molecule has 0 bridgehead atoms. The number of hydrogen-bond donors (Lipinski definition) is 3. The maximum Gasteiger partial charge on any atom is 0.258 e. The Morgan fingerprint density at radius 2 is 1.82 bits per heavy atom. The number of thiophene rings is 1. The molecular formula is C24H24N4O4S2. The number of sulfonamides is 1. The molecule has 2 aliphatic rings. The van der Waals surface area contributed by atoms with E-state index in [0.717, 1.165) is 49.0 Å². The van der Waals surface area contributed by atoms with E-state index in [4.69, 9.17) is 0 Å². The first-order chi connectivity index (χ1) is 16.4. The molecule has 1 aromatic carbocycles. The summed E-state index contributed by atoms with van der Waals surface area (Å²) in [6.07, 6.45) is 8.39. The molecule has 3 aromatic rings. The molecule has 34 heavy (non-hydrogen) atoms. The number of amides is 2. The summed E-state index contributed by atoms with van der Waals surface area (Å²) in [5.74, 6) is -0.703. The first kappa shape index (κ1) is 22.7. The van der Waals surface area contributed by atoms with Gasteiger partial charge in [0.2, 0.25) is 10.0 Å². The highest BCUT2D eigenvalue weighted by Crippen LogP contribution is 2.39. The summed E-state index contributed by atoms with van der Waals surface area (Å²) in [6.45, 7) is 0. The van der Waals surface area contributed by atoms with Crippen molar-refractivity contribution >= 4 is 43.9 Å². The molecule has 176 valence electrons. The zero-order valence-electron chi connectivity index (χ0n) is 18.3. The first-order valence-corrected chi connectivity index (χ1v) is 13.5. The van der Waals surface area contributed by atoms with E-state index in [2.05, 4.69) is 20.3 Å². The molecule has 0 radical (unpaired) electrons. The smallest absolute Gasteiger partial charge is 0.258 e. The summed E-state index contributed by atoms with van der Waals surface area (Å²) in [5.41, 5.74) is 2.18. The van der Waals surface area contributed by atoms with Gasteiger partial charge in [0.05, 0.1) is 16.0 Å². The predicted octanol–water partition coefficient (Wildman–Crippen LogP) is 3.97. The van der Waals surface area contributed by atoms with Crippen LogP contribution in [0.4, 0.5) is 10.7 Å². The van der Waals surface area contributed by atoms with Gasteiger partial charge in [-0.2, -0.15) is 0 Å². The maximum atomic E-state index is 13.4. The van der Waals surface area contributed by atoms with Crippen LogP contribution >= 0.6 is 11.3 Å². The number of aromatic nitrogens is 1. The van der Waals surface area contributed by atoms with Crippen molar-refractivity contribution < 1.29 is 18.0 Å². The molecule has 8 nitrogen and oxygen atoms in total. The number of benzene rings is 1. The van der Waals surface area contributed by atoms with Crippen LogP contribution in [0.15, 0.2) is 53.7 Å². The minimum atomic E-state index is -3.64. The summed E-state index contributed by atoms with van der Waals surface area (Å²) in [7, 11) is -3.64. The van der Waals surface area contributed by atoms with Crippen LogP contribution in [0.1, 0.15) is 56.8 Å². The lowest BCUT2D eigenvalue weighted by atomic mass is 9.95. The highest BCUT2D eigenvalue weighted by atomic mass is 32.2. The largest absolute Gasteiger partial charge is 0.322 e. The van der Waals surface area contributed by atoms with E-state index in [1.807, 2.05) is 0 Å². The van der Waals surface area contributed by atoms with Gasteiger partial charge < -0.3 is 10.6 Å². The lowest BCUT2D eigenvalue weighted by Gasteiger charge is -2.14. The zero-order chi connectivity index (χ0) is 23.7. The third-order valence-corrected chi connectivity index (χ3v) is 8.58. The molecule has 2 amide bonds. The fourth-order valence-corrected chi connectivity index (χ4v) is 6.62. The van der Waals surface area contributed by atoms with Gasteiger partial charge in [0, 0.05) is 29.0 Å². The molecule has 3 N–H and O–H groups in total. The highest BCUT2D eigenvalue weighted by Gasteiger charge is 2.29. The van der Waals surface area contributed by atoms with Crippen molar-refractivity contribution in [2.75, 3.05) is 10.6 Å². The minimum Gasteiger partial charge on any atom is -0.322 e. The summed E-state index contributed by atoms with van der Waals surface area (Å²) < 4.78 is 27.8. The molecule has 2 aromatic heterocycles. The van der Waals surface area contributed by atoms with Gasteiger partial charge in [-0.3, -0.25) is 14.6 Å². The molecule has 2 aliphatic carbocycles. The molecule has 0 unspecified atom stereocenters. The Kier molecular flexibility index (Phi) is 6.20. The van der Waals surface area contributed by atoms with Crippen LogP contribution in [0.2, 0.25) is 0 Å². The summed E-state index contributed by atoms with van der Waals surface area (Å²) in [4.78, 5) is 31.4. The van der Waals surface area contributed by atoms with Crippen LogP contribution in [0.3, 0.4) is 0 Å². The number of nitrogens with one attached hydrogen (secondary N) is 3. The van der Waals surface area contributed by atoms with Crippen LogP contribution in [0, 0.1) is 0 Å². The lowest BCUT2D eigenvalue weighted by Crippen LogP contribution is -2.25. The van der Waals surface area contributed by atoms with Crippen molar-refractivity contribution in [2.45, 2.75) is 49.5 Å². The van der Waals surface area contributed by atoms with Gasteiger partial charge in [0.25, 0.3) is 11.8 Å². The fourth-order valence-electron chi connectivity index (χ4n) is 3.99. The Bertz CT molecular complexity index is 1350. The number of hydrogen-bond acceptors (Lipinski definition) is 6. The van der Waals surface area contributed by atoms with Crippen molar-refractivity contribution in [1.29, 1.82) is 0 Å². The Labute approximate surface area is 201 Å². The van der Waals surface area contributed by atoms with Gasteiger partial charge in [-0.15, -0.1) is 11.3 Å². The molecule has 1 fully saturated rings. The van der Waals surface area contributed by atoms with Crippen molar-refractivity contribution in [2.24, 2.45) is 0 Å². The molecule has 1 saturated carbocycles. The minimum absolute atomic E-state index is 0.00781. The summed E-state index contributed by atoms with van der Waals surface area (Å²) in [5, 5.41) is 6.23. The van der Waals surface area contributed by atoms with E-state index in [0.29, 0.717) is 21.8 Å². The Morgan fingerprint density at radius 3 is 2.59 bits per heavy atom. The van der Waals surface area contributed by atoms with Gasteiger partial charge in [-0.25, -0.2) is 13.1 Å². The van der Waals surface area contributed by atoms with Crippen molar-refractivity contribution in [3.05, 3.63) is 70.4 Å². The SMILES string of the molecule is O=C(Nc1sc2c(c1C(=O)Nc1cccc(S(=O)(=O)NC3CC3)c1)CCCC2)c1cccnc1. The number of rotatable bonds is 7. The van der Waals surface area contributed by atoms with Crippen LogP contribution in [0.5, 0.6) is 0 Å². The van der Waals surface area contributed by atoms with E-state index in [9.17, 15) is 18.0 Å². The van der Waals surface area contributed by atoms with Crippen LogP contribution in [-0.2, 0) is 22.9 Å². The van der Waals surface area contributed by atoms with Gasteiger partial charge in [0.15, 0.2) is 0 Å². The highest BCUT2D eigenvalue weighted by molar-refractivity contribution is 7.89. The average molecular weight is 497 g/mol. The Balaban J connectivity index is 1.42. The molecule has 0 saturated heterocycles. The third-order valence-electron chi connectivity index (χ3n) is 5.85. The topological polar surface area (TPSA) is 117 Å². The van der Waals surface area contributed by atoms with E-state index in [-0.39, 0.29) is 22.8 Å². The van der Waals surface area contributed by atoms with Crippen LogP contribution in [-0.4, -0.2) is 31.3 Å². The third kappa shape index (κ3) is 4.89. The Morgan fingerprint density at radius 1 is 1.00 bits per heavy atom. The van der Waals surface area contributed by atoms with Gasteiger partial charge in [-0.05, 0) is 74.4 Å². The molecule has 10 heteroatoms. The van der Waals surface area contributed by atoms with Gasteiger partial charge >= 0.3 is 0 Å². The van der Waals surface area contributed by atoms with Crippen molar-refractivity contribution in [3.8, 4) is 0 Å². The van der Waals surface area contributed by atoms with E-state index >= 15 is 0 Å². The van der Waals surface area contributed by atoms with Crippen molar-refractivity contribution in [1.82, 2.24) is 9.71 Å². The number of fused-ring (bicyclic) bond motifs is 1. The molecule has 0 aliphatic heterocycles. The number of carbonyl (C=O) groups excluding carboxylic acids is 2. The van der Waals surface area contributed by atoms with E-state index in [1.165, 1.54) is 29.7 Å². The molecule has 2 heterocycles. The summed E-state index contributed by atoms with van der Waals surface area (Å²) >= 11 is 1.43. The molecule has 0 atom stereocenters. The second-order valence-electron chi connectivity index (χ2n) is 8.49. The quantitative estimate of drug-likeness (QED) is 0.458. The second-order valence-corrected chi connectivity index (χ2v) is 11.3. The fraction of sp³-hybridized carbons (Fsp3) is 0.292. The average Bonchev–Trinajstić information content (AvgIpc) is 3.56. The van der Waals surface area contributed by atoms with Gasteiger partial charge in [0.1, 0.15) is 5.00 Å². The molecule has 5 rings (SSSR count). The number of nitrogens with zero attached hydrogens (tertiary/aromatic N) is 1. The monoisotopic (exact) mass is 496 g/mol. The zero-order valence-corrected chi connectivity index (χ0v) is 20.0. The molecular weight excluding hydrogens is 472 g/mol.